The molecule has 0 unspecified atom stereocenters. The normalized spacial score (nSPS) is 11.2. The number of carboxylic acids is 1. The summed E-state index contributed by atoms with van der Waals surface area (Å²) in [7, 11) is 0. The van der Waals surface area contributed by atoms with E-state index >= 15 is 0 Å². The van der Waals surface area contributed by atoms with Crippen molar-refractivity contribution in [1.82, 2.24) is 9.97 Å². The molecule has 0 atom stereocenters. The molecule has 0 fully saturated rings. The molecule has 0 aliphatic rings. The Morgan fingerprint density at radius 2 is 2.11 bits per heavy atom. The third kappa shape index (κ3) is 4.06. The molecule has 6 heteroatoms. The summed E-state index contributed by atoms with van der Waals surface area (Å²) in [5, 5.41) is 9.37. The number of fused-ring (bicyclic) bond motifs is 1. The minimum absolute atomic E-state index is 0.230. The number of hydrogen-bond acceptors (Lipinski definition) is 4. The van der Waals surface area contributed by atoms with Crippen molar-refractivity contribution in [3.63, 3.8) is 0 Å². The molecule has 2 aromatic carbocycles. The lowest BCUT2D eigenvalue weighted by Crippen LogP contribution is -2.11. The van der Waals surface area contributed by atoms with Crippen LogP contribution in [-0.4, -0.2) is 27.7 Å². The van der Waals surface area contributed by atoms with Crippen LogP contribution in [-0.2, 0) is 4.79 Å². The number of nitrogens with one attached hydrogen (secondary N) is 1. The smallest absolute Gasteiger partial charge is 0.328 e. The fraction of sp³-hybridized carbons (Fsp3) is 0.190. The van der Waals surface area contributed by atoms with Crippen LogP contribution in [0.3, 0.4) is 0 Å². The second-order valence-corrected chi connectivity index (χ2v) is 6.16. The predicted octanol–water partition coefficient (Wildman–Crippen LogP) is 3.79. The van der Waals surface area contributed by atoms with Crippen LogP contribution < -0.4 is 10.3 Å². The average Bonchev–Trinajstić information content (AvgIpc) is 2.65. The van der Waals surface area contributed by atoms with Crippen LogP contribution in [0.25, 0.3) is 28.4 Å². The molecule has 2 N–H and O–H groups in total. The average molecular weight is 364 g/mol. The number of para-hydroxylation sites is 1. The standard InChI is InChI=1S/C21H20N2O4/c1-3-11-27-17-9-7-14(8-10-18(24)25)12-16(17)20-22-19-13(2)5-4-6-15(19)21(26)23-20/h4-10,12H,3,11H2,1-2H3,(H,24,25)(H,22,23,26)/b10-8+. The molecule has 1 heterocycles. The van der Waals surface area contributed by atoms with Gasteiger partial charge in [0.1, 0.15) is 11.6 Å². The number of H-pyrrole nitrogens is 1. The summed E-state index contributed by atoms with van der Waals surface area (Å²) in [4.78, 5) is 30.8. The molecule has 0 saturated heterocycles. The van der Waals surface area contributed by atoms with Gasteiger partial charge in [-0.2, -0.15) is 0 Å². The van der Waals surface area contributed by atoms with Crippen molar-refractivity contribution in [2.24, 2.45) is 0 Å². The van der Waals surface area contributed by atoms with Gasteiger partial charge in [0, 0.05) is 6.08 Å². The van der Waals surface area contributed by atoms with Gasteiger partial charge in [-0.05, 0) is 48.7 Å². The van der Waals surface area contributed by atoms with E-state index in [1.165, 1.54) is 6.08 Å². The summed E-state index contributed by atoms with van der Waals surface area (Å²) in [6.07, 6.45) is 3.38. The Morgan fingerprint density at radius 3 is 2.85 bits per heavy atom. The topological polar surface area (TPSA) is 92.3 Å². The second-order valence-electron chi connectivity index (χ2n) is 6.16. The molecule has 0 saturated carbocycles. The van der Waals surface area contributed by atoms with Gasteiger partial charge in [0.15, 0.2) is 0 Å². The van der Waals surface area contributed by atoms with Gasteiger partial charge in [0.05, 0.1) is 23.1 Å². The van der Waals surface area contributed by atoms with E-state index in [-0.39, 0.29) is 5.56 Å². The molecule has 0 bridgehead atoms. The number of ether oxygens (including phenoxy) is 1. The number of aliphatic carboxylic acids is 1. The molecule has 6 nitrogen and oxygen atoms in total. The van der Waals surface area contributed by atoms with E-state index in [1.54, 1.807) is 24.3 Å². The molecular weight excluding hydrogens is 344 g/mol. The number of carboxylic acid groups (broad SMARTS) is 1. The highest BCUT2D eigenvalue weighted by molar-refractivity contribution is 5.86. The quantitative estimate of drug-likeness (QED) is 0.649. The SMILES string of the molecule is CCCOc1ccc(/C=C/C(=O)O)cc1-c1nc2c(C)cccc2c(=O)[nH]1. The monoisotopic (exact) mass is 364 g/mol. The van der Waals surface area contributed by atoms with Crippen LogP contribution in [0, 0.1) is 6.92 Å². The number of aryl methyl sites for hydroxylation is 1. The van der Waals surface area contributed by atoms with E-state index in [4.69, 9.17) is 9.84 Å². The van der Waals surface area contributed by atoms with Gasteiger partial charge in [-0.1, -0.05) is 25.1 Å². The summed E-state index contributed by atoms with van der Waals surface area (Å²) in [6, 6.07) is 10.7. The largest absolute Gasteiger partial charge is 0.493 e. The minimum atomic E-state index is -1.03. The van der Waals surface area contributed by atoms with E-state index in [1.807, 2.05) is 26.0 Å². The number of carbonyl (C=O) groups is 1. The number of nitrogens with zero attached hydrogens (tertiary/aromatic N) is 1. The lowest BCUT2D eigenvalue weighted by Gasteiger charge is -2.12. The lowest BCUT2D eigenvalue weighted by atomic mass is 10.1. The first kappa shape index (κ1) is 18.4. The number of aromatic amines is 1. The van der Waals surface area contributed by atoms with Gasteiger partial charge in [-0.25, -0.2) is 9.78 Å². The first-order valence-corrected chi connectivity index (χ1v) is 8.67. The van der Waals surface area contributed by atoms with Crippen molar-refractivity contribution >= 4 is 22.9 Å². The first-order valence-electron chi connectivity index (χ1n) is 8.67. The van der Waals surface area contributed by atoms with Crippen LogP contribution in [0.5, 0.6) is 5.75 Å². The van der Waals surface area contributed by atoms with Gasteiger partial charge >= 0.3 is 5.97 Å². The molecule has 27 heavy (non-hydrogen) atoms. The highest BCUT2D eigenvalue weighted by Crippen LogP contribution is 2.30. The zero-order valence-electron chi connectivity index (χ0n) is 15.2. The summed E-state index contributed by atoms with van der Waals surface area (Å²) in [6.45, 7) is 4.43. The third-order valence-corrected chi connectivity index (χ3v) is 4.08. The number of benzene rings is 2. The Balaban J connectivity index is 2.19. The molecule has 0 amide bonds. The fourth-order valence-electron chi connectivity index (χ4n) is 2.77. The number of rotatable bonds is 6. The van der Waals surface area contributed by atoms with Crippen molar-refractivity contribution in [3.05, 3.63) is 64.0 Å². The molecule has 0 radical (unpaired) electrons. The Kier molecular flexibility index (Phi) is 5.35. The first-order chi connectivity index (χ1) is 13.0. The van der Waals surface area contributed by atoms with E-state index < -0.39 is 5.97 Å². The predicted molar refractivity (Wildman–Crippen MR) is 105 cm³/mol. The molecular formula is C21H20N2O4. The zero-order chi connectivity index (χ0) is 19.4. The molecule has 138 valence electrons. The molecule has 1 aromatic heterocycles. The van der Waals surface area contributed by atoms with Gasteiger partial charge in [-0.15, -0.1) is 0 Å². The maximum atomic E-state index is 12.5. The highest BCUT2D eigenvalue weighted by Gasteiger charge is 2.13. The van der Waals surface area contributed by atoms with Gasteiger partial charge in [0.25, 0.3) is 5.56 Å². The second kappa shape index (κ2) is 7.86. The third-order valence-electron chi connectivity index (χ3n) is 4.08. The van der Waals surface area contributed by atoms with Crippen LogP contribution in [0.1, 0.15) is 24.5 Å². The van der Waals surface area contributed by atoms with Crippen molar-refractivity contribution in [3.8, 4) is 17.1 Å². The van der Waals surface area contributed by atoms with E-state index in [0.29, 0.717) is 40.2 Å². The summed E-state index contributed by atoms with van der Waals surface area (Å²) < 4.78 is 5.80. The summed E-state index contributed by atoms with van der Waals surface area (Å²) in [5.74, 6) is -0.0605. The number of aromatic nitrogens is 2. The maximum Gasteiger partial charge on any atom is 0.328 e. The van der Waals surface area contributed by atoms with E-state index in [2.05, 4.69) is 9.97 Å². The highest BCUT2D eigenvalue weighted by atomic mass is 16.5. The van der Waals surface area contributed by atoms with Gasteiger partial charge in [-0.3, -0.25) is 4.79 Å². The van der Waals surface area contributed by atoms with Crippen LogP contribution in [0.4, 0.5) is 0 Å². The Bertz CT molecular complexity index is 1080. The van der Waals surface area contributed by atoms with Crippen LogP contribution in [0.2, 0.25) is 0 Å². The van der Waals surface area contributed by atoms with E-state index in [0.717, 1.165) is 18.1 Å². The number of hydrogen-bond donors (Lipinski definition) is 2. The summed E-state index contributed by atoms with van der Waals surface area (Å²) in [5.41, 5.74) is 2.58. The molecule has 3 aromatic rings. The maximum absolute atomic E-state index is 12.5. The molecule has 0 aliphatic carbocycles. The van der Waals surface area contributed by atoms with Crippen molar-refractivity contribution in [2.75, 3.05) is 6.61 Å². The minimum Gasteiger partial charge on any atom is -0.493 e. The van der Waals surface area contributed by atoms with E-state index in [9.17, 15) is 9.59 Å². The van der Waals surface area contributed by atoms with Crippen molar-refractivity contribution < 1.29 is 14.6 Å². The molecule has 3 rings (SSSR count). The zero-order valence-corrected chi connectivity index (χ0v) is 15.2. The summed E-state index contributed by atoms with van der Waals surface area (Å²) >= 11 is 0. The Morgan fingerprint density at radius 1 is 1.30 bits per heavy atom. The lowest BCUT2D eigenvalue weighted by molar-refractivity contribution is -0.131. The fourth-order valence-corrected chi connectivity index (χ4v) is 2.77. The van der Waals surface area contributed by atoms with Crippen molar-refractivity contribution in [1.29, 1.82) is 0 Å². The van der Waals surface area contributed by atoms with Crippen molar-refractivity contribution in [2.45, 2.75) is 20.3 Å². The van der Waals surface area contributed by atoms with Crippen LogP contribution >= 0.6 is 0 Å². The van der Waals surface area contributed by atoms with Gasteiger partial charge < -0.3 is 14.8 Å². The molecule has 0 spiro atoms. The molecule has 0 aliphatic heterocycles. The van der Waals surface area contributed by atoms with Crippen LogP contribution in [0.15, 0.2) is 47.3 Å². The Hall–Kier alpha value is -3.41. The Labute approximate surface area is 156 Å². The van der Waals surface area contributed by atoms with Gasteiger partial charge in [0.2, 0.25) is 0 Å².